The Hall–Kier alpha value is -2.75. The monoisotopic (exact) mass is 406 g/mol. The quantitative estimate of drug-likeness (QED) is 0.596. The summed E-state index contributed by atoms with van der Waals surface area (Å²) < 4.78 is 28.5. The Balaban J connectivity index is 2.01. The van der Waals surface area contributed by atoms with Crippen molar-refractivity contribution in [1.82, 2.24) is 0 Å². The van der Waals surface area contributed by atoms with E-state index in [0.717, 1.165) is 0 Å². The second kappa shape index (κ2) is 7.10. The summed E-state index contributed by atoms with van der Waals surface area (Å²) in [6, 6.07) is 9.38. The van der Waals surface area contributed by atoms with Crippen LogP contribution in [0.1, 0.15) is 18.1 Å². The molecule has 27 heavy (non-hydrogen) atoms. The number of primary sulfonamides is 1. The average Bonchev–Trinajstić information content (AvgIpc) is 2.92. The smallest absolute Gasteiger partial charge is 0.276 e. The third-order valence-corrected chi connectivity index (χ3v) is 5.06. The van der Waals surface area contributed by atoms with Gasteiger partial charge in [0.15, 0.2) is 5.71 Å². The summed E-state index contributed by atoms with van der Waals surface area (Å²) in [5.74, 6) is -0.275. The SMILES string of the molecule is COc1ccc(/C(C)=N/N=C2C(=O)Nc3ccc(Cl)cc32)cc1S(N)(=O)=O. The zero-order valence-electron chi connectivity index (χ0n) is 14.4. The summed E-state index contributed by atoms with van der Waals surface area (Å²) in [4.78, 5) is 11.9. The number of carbonyl (C=O) groups excluding carboxylic acids is 1. The van der Waals surface area contributed by atoms with E-state index in [4.69, 9.17) is 21.5 Å². The predicted octanol–water partition coefficient (Wildman–Crippen LogP) is 2.16. The van der Waals surface area contributed by atoms with Gasteiger partial charge in [-0.2, -0.15) is 5.10 Å². The molecule has 0 saturated carbocycles. The second-order valence-electron chi connectivity index (χ2n) is 5.69. The van der Waals surface area contributed by atoms with Crippen LogP contribution in [-0.4, -0.2) is 32.9 Å². The minimum Gasteiger partial charge on any atom is -0.495 e. The molecule has 0 aromatic heterocycles. The highest BCUT2D eigenvalue weighted by Gasteiger charge is 2.26. The summed E-state index contributed by atoms with van der Waals surface area (Å²) >= 11 is 5.97. The second-order valence-corrected chi connectivity index (χ2v) is 7.65. The maximum atomic E-state index is 12.1. The first-order valence-electron chi connectivity index (χ1n) is 7.65. The number of sulfonamides is 1. The van der Waals surface area contributed by atoms with Gasteiger partial charge in [0.05, 0.1) is 18.5 Å². The molecule has 1 aliphatic heterocycles. The Bertz CT molecular complexity index is 1110. The molecule has 0 saturated heterocycles. The Labute approximate surface area is 160 Å². The molecule has 0 spiro atoms. The van der Waals surface area contributed by atoms with Crippen molar-refractivity contribution in [1.29, 1.82) is 0 Å². The first-order chi connectivity index (χ1) is 12.7. The van der Waals surface area contributed by atoms with Gasteiger partial charge in [0.2, 0.25) is 10.0 Å². The van der Waals surface area contributed by atoms with Gasteiger partial charge in [-0.3, -0.25) is 4.79 Å². The molecular weight excluding hydrogens is 392 g/mol. The van der Waals surface area contributed by atoms with Crippen molar-refractivity contribution in [2.24, 2.45) is 15.3 Å². The fraction of sp³-hybridized carbons (Fsp3) is 0.118. The van der Waals surface area contributed by atoms with Crippen molar-refractivity contribution < 1.29 is 17.9 Å². The van der Waals surface area contributed by atoms with E-state index < -0.39 is 15.9 Å². The van der Waals surface area contributed by atoms with Gasteiger partial charge < -0.3 is 10.1 Å². The third-order valence-electron chi connectivity index (χ3n) is 3.89. The Morgan fingerprint density at radius 1 is 1.22 bits per heavy atom. The number of nitrogens with one attached hydrogen (secondary N) is 1. The van der Waals surface area contributed by atoms with Crippen molar-refractivity contribution >= 4 is 44.6 Å². The predicted molar refractivity (Wildman–Crippen MR) is 103 cm³/mol. The van der Waals surface area contributed by atoms with Crippen molar-refractivity contribution in [2.75, 3.05) is 12.4 Å². The van der Waals surface area contributed by atoms with Crippen molar-refractivity contribution in [3.63, 3.8) is 0 Å². The number of hydrogen-bond donors (Lipinski definition) is 2. The maximum absolute atomic E-state index is 12.1. The molecule has 3 rings (SSSR count). The van der Waals surface area contributed by atoms with Gasteiger partial charge in [0, 0.05) is 10.6 Å². The molecule has 10 heteroatoms. The minimum absolute atomic E-state index is 0.118. The molecule has 1 heterocycles. The molecule has 8 nitrogen and oxygen atoms in total. The highest BCUT2D eigenvalue weighted by atomic mass is 35.5. The number of nitrogens with two attached hydrogens (primary N) is 1. The molecule has 140 valence electrons. The molecule has 1 amide bonds. The van der Waals surface area contributed by atoms with Gasteiger partial charge >= 0.3 is 0 Å². The number of nitrogens with zero attached hydrogens (tertiary/aromatic N) is 2. The number of anilines is 1. The van der Waals surface area contributed by atoms with E-state index in [-0.39, 0.29) is 16.4 Å². The molecular formula is C17H15ClN4O4S. The van der Waals surface area contributed by atoms with Crippen LogP contribution < -0.4 is 15.2 Å². The van der Waals surface area contributed by atoms with Gasteiger partial charge in [-0.1, -0.05) is 11.6 Å². The van der Waals surface area contributed by atoms with Gasteiger partial charge in [0.25, 0.3) is 5.91 Å². The number of amides is 1. The van der Waals surface area contributed by atoms with Gasteiger partial charge in [-0.15, -0.1) is 5.10 Å². The lowest BCUT2D eigenvalue weighted by atomic mass is 10.1. The van der Waals surface area contributed by atoms with Gasteiger partial charge in [0.1, 0.15) is 10.6 Å². The molecule has 0 atom stereocenters. The number of carbonyl (C=O) groups is 1. The lowest BCUT2D eigenvalue weighted by molar-refractivity contribution is -0.110. The minimum atomic E-state index is -3.98. The van der Waals surface area contributed by atoms with Crippen LogP contribution in [0, 0.1) is 0 Å². The lowest BCUT2D eigenvalue weighted by Gasteiger charge is -2.08. The summed E-state index contributed by atoms with van der Waals surface area (Å²) in [5.41, 5.74) is 2.11. The first-order valence-corrected chi connectivity index (χ1v) is 9.58. The first kappa shape index (κ1) is 19.0. The average molecular weight is 407 g/mol. The molecule has 3 N–H and O–H groups in total. The number of rotatable bonds is 4. The zero-order valence-corrected chi connectivity index (χ0v) is 15.9. The van der Waals surface area contributed by atoms with Crippen LogP contribution in [0.3, 0.4) is 0 Å². The number of benzene rings is 2. The highest BCUT2D eigenvalue weighted by molar-refractivity contribution is 7.89. The largest absolute Gasteiger partial charge is 0.495 e. The Kier molecular flexibility index (Phi) is 5.01. The standard InChI is InChI=1S/C17H15ClN4O4S/c1-9(10-3-6-14(26-2)15(7-10)27(19,24)25)21-22-16-12-8-11(18)4-5-13(12)20-17(16)23/h3-8H,1-2H3,(H2,19,24,25)(H,20,22,23)/b21-9+. The van der Waals surface area contributed by atoms with Gasteiger partial charge in [-0.05, 0) is 48.9 Å². The van der Waals surface area contributed by atoms with E-state index in [1.54, 1.807) is 31.2 Å². The van der Waals surface area contributed by atoms with Crippen molar-refractivity contribution in [2.45, 2.75) is 11.8 Å². The lowest BCUT2D eigenvalue weighted by Crippen LogP contribution is -2.15. The van der Waals surface area contributed by atoms with Gasteiger partial charge in [-0.25, -0.2) is 13.6 Å². The number of ether oxygens (including phenoxy) is 1. The van der Waals surface area contributed by atoms with Crippen molar-refractivity contribution in [3.05, 3.63) is 52.5 Å². The van der Waals surface area contributed by atoms with Crippen LogP contribution in [0.25, 0.3) is 0 Å². The molecule has 0 radical (unpaired) electrons. The summed E-state index contributed by atoms with van der Waals surface area (Å²) in [7, 11) is -2.64. The molecule has 2 aromatic carbocycles. The van der Waals surface area contributed by atoms with E-state index >= 15 is 0 Å². The van der Waals surface area contributed by atoms with Crippen LogP contribution in [0.15, 0.2) is 51.5 Å². The molecule has 2 aromatic rings. The van der Waals surface area contributed by atoms with E-state index in [1.807, 2.05) is 0 Å². The maximum Gasteiger partial charge on any atom is 0.276 e. The van der Waals surface area contributed by atoms with Crippen LogP contribution >= 0.6 is 11.6 Å². The summed E-state index contributed by atoms with van der Waals surface area (Å²) in [6.45, 7) is 1.63. The molecule has 0 unspecified atom stereocenters. The van der Waals surface area contributed by atoms with E-state index in [1.165, 1.54) is 19.2 Å². The fourth-order valence-corrected chi connectivity index (χ4v) is 3.43. The summed E-state index contributed by atoms with van der Waals surface area (Å²) in [6.07, 6.45) is 0. The number of fused-ring (bicyclic) bond motifs is 1. The van der Waals surface area contributed by atoms with Crippen LogP contribution in [0.5, 0.6) is 5.75 Å². The normalized spacial score (nSPS) is 15.6. The van der Waals surface area contributed by atoms with Crippen molar-refractivity contribution in [3.8, 4) is 5.75 Å². The summed E-state index contributed by atoms with van der Waals surface area (Å²) in [5, 5.41) is 16.4. The Morgan fingerprint density at radius 3 is 2.63 bits per heavy atom. The Morgan fingerprint density at radius 2 is 1.96 bits per heavy atom. The zero-order chi connectivity index (χ0) is 19.8. The fourth-order valence-electron chi connectivity index (χ4n) is 2.53. The molecule has 0 bridgehead atoms. The van der Waals surface area contributed by atoms with Crippen LogP contribution in [0.2, 0.25) is 5.02 Å². The highest BCUT2D eigenvalue weighted by Crippen LogP contribution is 2.27. The number of methoxy groups -OCH3 is 1. The van der Waals surface area contributed by atoms with Crippen LogP contribution in [0.4, 0.5) is 5.69 Å². The van der Waals surface area contributed by atoms with Crippen LogP contribution in [-0.2, 0) is 14.8 Å². The number of hydrogen-bond acceptors (Lipinski definition) is 6. The van der Waals surface area contributed by atoms with E-state index in [9.17, 15) is 13.2 Å². The van der Waals surface area contributed by atoms with E-state index in [0.29, 0.717) is 27.5 Å². The third kappa shape index (κ3) is 3.85. The van der Waals surface area contributed by atoms with E-state index in [2.05, 4.69) is 15.5 Å². The molecule has 0 aliphatic carbocycles. The molecule has 1 aliphatic rings. The topological polar surface area (TPSA) is 123 Å². The number of halogens is 1. The molecule has 0 fully saturated rings.